The fraction of sp³-hybridized carbons (Fsp3) is 0.833. The molecule has 2 fully saturated rings. The Morgan fingerprint density at radius 2 is 1.74 bits per heavy atom. The Hall–Kier alpha value is -0.730. The average molecular weight is 425 g/mol. The van der Waals surface area contributed by atoms with Crippen LogP contribution in [0.2, 0.25) is 0 Å². The summed E-state index contributed by atoms with van der Waals surface area (Å²) in [6, 6.07) is 1.11. The summed E-state index contributed by atoms with van der Waals surface area (Å²) in [5.41, 5.74) is 6.67. The van der Waals surface area contributed by atoms with Crippen LogP contribution < -0.4 is 10.5 Å². The second-order valence-electron chi connectivity index (χ2n) is 7.25. The first-order valence-electron chi connectivity index (χ1n) is 9.54. The zero-order chi connectivity index (χ0) is 17.6. The van der Waals surface area contributed by atoms with Crippen LogP contribution in [0.5, 0.6) is 5.88 Å². The summed E-state index contributed by atoms with van der Waals surface area (Å²) >= 11 is 0. The van der Waals surface area contributed by atoms with Gasteiger partial charge >= 0.3 is 0 Å². The summed E-state index contributed by atoms with van der Waals surface area (Å²) < 4.78 is 18.6. The topological polar surface area (TPSA) is 74.8 Å². The molecule has 0 unspecified atom stereocenters. The van der Waals surface area contributed by atoms with E-state index in [1.54, 1.807) is 0 Å². The highest BCUT2D eigenvalue weighted by Crippen LogP contribution is 2.33. The zero-order valence-corrected chi connectivity index (χ0v) is 18.0. The lowest BCUT2D eigenvalue weighted by Crippen LogP contribution is -2.45. The van der Waals surface area contributed by atoms with Crippen LogP contribution in [0.4, 0.5) is 5.69 Å². The number of aromatic nitrogens is 2. The van der Waals surface area contributed by atoms with Crippen molar-refractivity contribution < 1.29 is 14.2 Å². The smallest absolute Gasteiger partial charge is 0.256 e. The predicted octanol–water partition coefficient (Wildman–Crippen LogP) is 2.93. The highest BCUT2D eigenvalue weighted by molar-refractivity contribution is 5.85. The molecule has 1 aliphatic heterocycles. The van der Waals surface area contributed by atoms with E-state index < -0.39 is 0 Å². The second-order valence-corrected chi connectivity index (χ2v) is 7.25. The van der Waals surface area contributed by atoms with Crippen molar-refractivity contribution in [3.8, 4) is 5.88 Å². The molecule has 1 saturated heterocycles. The number of halogens is 2. The summed E-state index contributed by atoms with van der Waals surface area (Å²) in [4.78, 5) is 2.58. The van der Waals surface area contributed by atoms with E-state index in [4.69, 9.17) is 19.9 Å². The maximum atomic E-state index is 6.06. The maximum Gasteiger partial charge on any atom is 0.256 e. The van der Waals surface area contributed by atoms with Gasteiger partial charge in [0.15, 0.2) is 0 Å². The molecule has 1 aromatic heterocycles. The van der Waals surface area contributed by atoms with Crippen molar-refractivity contribution in [1.82, 2.24) is 14.7 Å². The van der Waals surface area contributed by atoms with Crippen molar-refractivity contribution in [1.29, 1.82) is 0 Å². The van der Waals surface area contributed by atoms with Gasteiger partial charge in [0.25, 0.3) is 5.88 Å². The largest absolute Gasteiger partial charge is 0.473 e. The lowest BCUT2D eigenvalue weighted by Gasteiger charge is -2.38. The van der Waals surface area contributed by atoms with Gasteiger partial charge in [-0.1, -0.05) is 0 Å². The normalized spacial score (nSPS) is 23.5. The van der Waals surface area contributed by atoms with Crippen LogP contribution in [0.25, 0.3) is 0 Å². The van der Waals surface area contributed by atoms with E-state index in [0.29, 0.717) is 36.9 Å². The number of hydrogen-bond donors (Lipinski definition) is 1. The van der Waals surface area contributed by atoms with E-state index in [1.807, 2.05) is 24.7 Å². The summed E-state index contributed by atoms with van der Waals surface area (Å²) in [6.07, 6.45) is 6.82. The predicted molar refractivity (Wildman–Crippen MR) is 111 cm³/mol. The summed E-state index contributed by atoms with van der Waals surface area (Å²) in [5.74, 6) is 0.530. The van der Waals surface area contributed by atoms with Crippen LogP contribution in [-0.4, -0.2) is 66.3 Å². The number of ether oxygens (including phenoxy) is 3. The molecular weight excluding hydrogens is 391 g/mol. The zero-order valence-electron chi connectivity index (χ0n) is 16.3. The molecule has 7 nitrogen and oxygen atoms in total. The summed E-state index contributed by atoms with van der Waals surface area (Å²) in [7, 11) is 0. The van der Waals surface area contributed by atoms with Crippen LogP contribution >= 0.6 is 24.8 Å². The van der Waals surface area contributed by atoms with Crippen LogP contribution in [-0.2, 0) is 9.47 Å². The Morgan fingerprint density at radius 3 is 2.37 bits per heavy atom. The molecule has 2 aliphatic rings. The first-order valence-corrected chi connectivity index (χ1v) is 9.54. The van der Waals surface area contributed by atoms with Gasteiger partial charge in [-0.2, -0.15) is 0 Å². The van der Waals surface area contributed by atoms with Gasteiger partial charge in [0.05, 0.1) is 38.2 Å². The minimum Gasteiger partial charge on any atom is -0.473 e. The Kier molecular flexibility index (Phi) is 10.8. The first-order chi connectivity index (χ1) is 12.1. The highest BCUT2D eigenvalue weighted by Gasteiger charge is 2.28. The van der Waals surface area contributed by atoms with Gasteiger partial charge in [0.2, 0.25) is 0 Å². The number of anilines is 1. The van der Waals surface area contributed by atoms with E-state index in [1.165, 1.54) is 12.8 Å². The van der Waals surface area contributed by atoms with Gasteiger partial charge in [0, 0.05) is 19.1 Å². The number of nitrogen functional groups attached to an aromatic ring is 1. The quantitative estimate of drug-likeness (QED) is 0.678. The minimum atomic E-state index is 0. The van der Waals surface area contributed by atoms with E-state index in [-0.39, 0.29) is 30.9 Å². The third-order valence-electron chi connectivity index (χ3n) is 5.10. The number of rotatable bonds is 7. The molecular formula is C18H34Cl2N4O3. The third-order valence-corrected chi connectivity index (χ3v) is 5.10. The highest BCUT2D eigenvalue weighted by atomic mass is 35.5. The third kappa shape index (κ3) is 6.98. The van der Waals surface area contributed by atoms with E-state index >= 15 is 0 Å². The average Bonchev–Trinajstić information content (AvgIpc) is 3.00. The van der Waals surface area contributed by atoms with Gasteiger partial charge in [-0.05, 0) is 39.5 Å². The summed E-state index contributed by atoms with van der Waals surface area (Å²) in [5, 5.41) is 4.57. The lowest BCUT2D eigenvalue weighted by molar-refractivity contribution is 0.00501. The van der Waals surface area contributed by atoms with Crippen molar-refractivity contribution in [3.63, 3.8) is 0 Å². The Balaban J connectivity index is 0.00000182. The fourth-order valence-electron chi connectivity index (χ4n) is 3.74. The second kappa shape index (κ2) is 12.0. The van der Waals surface area contributed by atoms with Gasteiger partial charge in [-0.15, -0.1) is 29.9 Å². The number of nitrogens with two attached hydrogens (primary N) is 1. The number of morpholine rings is 1. The van der Waals surface area contributed by atoms with Crippen LogP contribution in [0.3, 0.4) is 0 Å². The van der Waals surface area contributed by atoms with E-state index in [2.05, 4.69) is 10.00 Å². The van der Waals surface area contributed by atoms with Gasteiger partial charge < -0.3 is 19.9 Å². The molecule has 3 rings (SSSR count). The van der Waals surface area contributed by atoms with Crippen molar-refractivity contribution >= 4 is 30.5 Å². The molecule has 9 heteroatoms. The Labute approximate surface area is 174 Å². The molecule has 0 aromatic carbocycles. The van der Waals surface area contributed by atoms with Gasteiger partial charge in [-0.3, -0.25) is 9.58 Å². The first kappa shape index (κ1) is 24.3. The molecule has 0 spiro atoms. The van der Waals surface area contributed by atoms with Gasteiger partial charge in [0.1, 0.15) is 12.3 Å². The van der Waals surface area contributed by atoms with Crippen LogP contribution in [0.1, 0.15) is 45.6 Å². The van der Waals surface area contributed by atoms with E-state index in [9.17, 15) is 0 Å². The standard InChI is InChI=1S/C18H32N4O3.2ClH/c1-14(2)24-11-12-25-18-17(19)13-22(20-18)16-5-3-15(4-6-16)21-7-9-23-10-8-21;;/h13-16H,3-12,19H2,1-2H3;2*1H/t15-,16-;;. The maximum absolute atomic E-state index is 6.06. The van der Waals surface area contributed by atoms with Crippen molar-refractivity contribution in [3.05, 3.63) is 6.20 Å². The molecule has 2 N–H and O–H groups in total. The van der Waals surface area contributed by atoms with Crippen LogP contribution in [0, 0.1) is 0 Å². The number of nitrogens with zero attached hydrogens (tertiary/aromatic N) is 3. The monoisotopic (exact) mass is 424 g/mol. The fourth-order valence-corrected chi connectivity index (χ4v) is 3.74. The molecule has 2 heterocycles. The molecule has 158 valence electrons. The molecule has 0 radical (unpaired) electrons. The van der Waals surface area contributed by atoms with Crippen molar-refractivity contribution in [2.24, 2.45) is 0 Å². The molecule has 0 bridgehead atoms. The lowest BCUT2D eigenvalue weighted by atomic mass is 9.90. The van der Waals surface area contributed by atoms with Crippen LogP contribution in [0.15, 0.2) is 6.20 Å². The number of hydrogen-bond acceptors (Lipinski definition) is 6. The molecule has 1 saturated carbocycles. The van der Waals surface area contributed by atoms with Crippen molar-refractivity contribution in [2.45, 2.75) is 57.7 Å². The molecule has 1 aromatic rings. The van der Waals surface area contributed by atoms with E-state index in [0.717, 1.165) is 39.1 Å². The Bertz CT molecular complexity index is 531. The molecule has 1 aliphatic carbocycles. The summed E-state index contributed by atoms with van der Waals surface area (Å²) in [6.45, 7) is 8.93. The molecule has 27 heavy (non-hydrogen) atoms. The Morgan fingerprint density at radius 1 is 1.11 bits per heavy atom. The minimum absolute atomic E-state index is 0. The SMILES string of the molecule is CC(C)OCCOc1nn([C@H]2CC[C@H](N3CCOCC3)CC2)cc1N.Cl.Cl. The van der Waals surface area contributed by atoms with Gasteiger partial charge in [-0.25, -0.2) is 0 Å². The molecule has 0 amide bonds. The van der Waals surface area contributed by atoms with Crippen molar-refractivity contribution in [2.75, 3.05) is 45.3 Å². The molecule has 0 atom stereocenters.